The quantitative estimate of drug-likeness (QED) is 0.677. The SMILES string of the molecule is NC(=O)C(OC(=O)CNS(=O)(=O)/C=C/c1ccccc1)c1ccccc1. The maximum atomic E-state index is 11.9. The van der Waals surface area contributed by atoms with E-state index in [2.05, 4.69) is 4.72 Å². The van der Waals surface area contributed by atoms with Crippen molar-refractivity contribution in [1.29, 1.82) is 0 Å². The number of nitrogens with one attached hydrogen (secondary N) is 1. The van der Waals surface area contributed by atoms with Gasteiger partial charge in [0.15, 0.2) is 0 Å². The molecule has 0 saturated heterocycles. The fourth-order valence-corrected chi connectivity index (χ4v) is 2.78. The number of esters is 1. The van der Waals surface area contributed by atoms with Gasteiger partial charge in [-0.3, -0.25) is 9.59 Å². The molecule has 1 atom stereocenters. The molecule has 0 heterocycles. The van der Waals surface area contributed by atoms with Crippen molar-refractivity contribution >= 4 is 28.0 Å². The van der Waals surface area contributed by atoms with Crippen LogP contribution >= 0.6 is 0 Å². The van der Waals surface area contributed by atoms with Gasteiger partial charge in [-0.1, -0.05) is 60.7 Å². The van der Waals surface area contributed by atoms with Gasteiger partial charge in [0.05, 0.1) is 0 Å². The van der Waals surface area contributed by atoms with E-state index in [1.165, 1.54) is 6.08 Å². The minimum Gasteiger partial charge on any atom is -0.446 e. The van der Waals surface area contributed by atoms with E-state index in [1.807, 2.05) is 6.07 Å². The van der Waals surface area contributed by atoms with Gasteiger partial charge in [-0.15, -0.1) is 0 Å². The van der Waals surface area contributed by atoms with E-state index in [0.717, 1.165) is 5.41 Å². The fraction of sp³-hybridized carbons (Fsp3) is 0.111. The Kier molecular flexibility index (Phi) is 6.65. The minimum absolute atomic E-state index is 0.403. The van der Waals surface area contributed by atoms with E-state index in [0.29, 0.717) is 11.1 Å². The average molecular weight is 374 g/mol. The monoisotopic (exact) mass is 374 g/mol. The highest BCUT2D eigenvalue weighted by Gasteiger charge is 2.22. The van der Waals surface area contributed by atoms with Crippen LogP contribution in [0.25, 0.3) is 6.08 Å². The zero-order chi connectivity index (χ0) is 19.0. The molecule has 0 aliphatic carbocycles. The lowest BCUT2D eigenvalue weighted by Gasteiger charge is -2.15. The fourth-order valence-electron chi connectivity index (χ4n) is 2.03. The highest BCUT2D eigenvalue weighted by Crippen LogP contribution is 2.16. The summed E-state index contributed by atoms with van der Waals surface area (Å²) in [7, 11) is -3.84. The molecule has 0 aliphatic rings. The number of benzene rings is 2. The lowest BCUT2D eigenvalue weighted by molar-refractivity contribution is -0.154. The van der Waals surface area contributed by atoms with Gasteiger partial charge in [-0.2, -0.15) is 0 Å². The van der Waals surface area contributed by atoms with Gasteiger partial charge in [0.25, 0.3) is 5.91 Å². The Morgan fingerprint density at radius 2 is 1.62 bits per heavy atom. The number of hydrogen-bond acceptors (Lipinski definition) is 5. The maximum absolute atomic E-state index is 11.9. The van der Waals surface area contributed by atoms with Crippen molar-refractivity contribution in [1.82, 2.24) is 4.72 Å². The summed E-state index contributed by atoms with van der Waals surface area (Å²) < 4.78 is 30.9. The number of carbonyl (C=O) groups is 2. The van der Waals surface area contributed by atoms with Crippen molar-refractivity contribution in [2.24, 2.45) is 5.73 Å². The van der Waals surface area contributed by atoms with Gasteiger partial charge in [0.2, 0.25) is 16.1 Å². The van der Waals surface area contributed by atoms with Crippen molar-refractivity contribution in [2.45, 2.75) is 6.10 Å². The molecule has 26 heavy (non-hydrogen) atoms. The topological polar surface area (TPSA) is 116 Å². The van der Waals surface area contributed by atoms with Crippen LogP contribution in [0.15, 0.2) is 66.1 Å². The summed E-state index contributed by atoms with van der Waals surface area (Å²) in [6.07, 6.45) is 0.109. The van der Waals surface area contributed by atoms with Gasteiger partial charge < -0.3 is 10.5 Å². The minimum atomic E-state index is -3.84. The van der Waals surface area contributed by atoms with Crippen molar-refractivity contribution < 1.29 is 22.7 Å². The lowest BCUT2D eigenvalue weighted by atomic mass is 10.1. The lowest BCUT2D eigenvalue weighted by Crippen LogP contribution is -2.33. The summed E-state index contributed by atoms with van der Waals surface area (Å²) in [6.45, 7) is -0.627. The number of hydrogen-bond donors (Lipinski definition) is 2. The largest absolute Gasteiger partial charge is 0.446 e. The smallest absolute Gasteiger partial charge is 0.322 e. The molecule has 1 amide bonds. The number of nitrogens with two attached hydrogens (primary N) is 1. The summed E-state index contributed by atoms with van der Waals surface area (Å²) in [5.74, 6) is -1.77. The van der Waals surface area contributed by atoms with Crippen molar-refractivity contribution in [3.8, 4) is 0 Å². The molecule has 0 fully saturated rings. The third-order valence-electron chi connectivity index (χ3n) is 3.27. The zero-order valence-corrected chi connectivity index (χ0v) is 14.6. The van der Waals surface area contributed by atoms with Crippen LogP contribution in [0.3, 0.4) is 0 Å². The Bertz CT molecular complexity index is 880. The predicted octanol–water partition coefficient (Wildman–Crippen LogP) is 1.35. The van der Waals surface area contributed by atoms with E-state index in [9.17, 15) is 18.0 Å². The summed E-state index contributed by atoms with van der Waals surface area (Å²) in [6, 6.07) is 17.0. The first-order valence-electron chi connectivity index (χ1n) is 7.64. The first-order valence-corrected chi connectivity index (χ1v) is 9.18. The molecule has 0 spiro atoms. The molecule has 0 radical (unpaired) electrons. The van der Waals surface area contributed by atoms with Gasteiger partial charge in [-0.05, 0) is 11.6 Å². The summed E-state index contributed by atoms with van der Waals surface area (Å²) in [5, 5.41) is 0.943. The highest BCUT2D eigenvalue weighted by molar-refractivity contribution is 7.92. The molecule has 136 valence electrons. The Morgan fingerprint density at radius 1 is 1.04 bits per heavy atom. The van der Waals surface area contributed by atoms with Crippen LogP contribution in [0.5, 0.6) is 0 Å². The van der Waals surface area contributed by atoms with Crippen LogP contribution in [0.4, 0.5) is 0 Å². The molecule has 1 unspecified atom stereocenters. The van der Waals surface area contributed by atoms with Crippen LogP contribution in [-0.4, -0.2) is 26.8 Å². The number of amides is 1. The molecular formula is C18H18N2O5S. The van der Waals surface area contributed by atoms with E-state index < -0.39 is 34.5 Å². The van der Waals surface area contributed by atoms with Crippen LogP contribution in [0.1, 0.15) is 17.2 Å². The Morgan fingerprint density at radius 3 is 2.19 bits per heavy atom. The van der Waals surface area contributed by atoms with Gasteiger partial charge in [0, 0.05) is 11.0 Å². The zero-order valence-electron chi connectivity index (χ0n) is 13.7. The van der Waals surface area contributed by atoms with Crippen LogP contribution in [0.2, 0.25) is 0 Å². The summed E-state index contributed by atoms with van der Waals surface area (Å²) >= 11 is 0. The van der Waals surface area contributed by atoms with Gasteiger partial charge >= 0.3 is 5.97 Å². The summed E-state index contributed by atoms with van der Waals surface area (Å²) in [5.41, 5.74) is 6.34. The Hall–Kier alpha value is -2.97. The van der Waals surface area contributed by atoms with Gasteiger partial charge in [-0.25, -0.2) is 13.1 Å². The third-order valence-corrected chi connectivity index (χ3v) is 4.31. The first kappa shape index (κ1) is 19.4. The molecule has 7 nitrogen and oxygen atoms in total. The number of rotatable bonds is 8. The molecule has 2 aromatic rings. The second-order valence-electron chi connectivity index (χ2n) is 5.26. The van der Waals surface area contributed by atoms with Crippen molar-refractivity contribution in [3.63, 3.8) is 0 Å². The molecular weight excluding hydrogens is 356 g/mol. The second kappa shape index (κ2) is 8.93. The van der Waals surface area contributed by atoms with Crippen LogP contribution < -0.4 is 10.5 Å². The summed E-state index contributed by atoms with van der Waals surface area (Å²) in [4.78, 5) is 23.4. The highest BCUT2D eigenvalue weighted by atomic mass is 32.2. The Balaban J connectivity index is 1.94. The van der Waals surface area contributed by atoms with Crippen molar-refractivity contribution in [3.05, 3.63) is 77.2 Å². The first-order chi connectivity index (χ1) is 12.4. The normalized spacial score (nSPS) is 12.6. The molecule has 0 bridgehead atoms. The molecule has 3 N–H and O–H groups in total. The molecule has 0 aliphatic heterocycles. The second-order valence-corrected chi connectivity index (χ2v) is 6.91. The number of ether oxygens (including phenoxy) is 1. The molecule has 8 heteroatoms. The van der Waals surface area contributed by atoms with E-state index in [1.54, 1.807) is 54.6 Å². The van der Waals surface area contributed by atoms with E-state index in [4.69, 9.17) is 10.5 Å². The number of sulfonamides is 1. The van der Waals surface area contributed by atoms with E-state index >= 15 is 0 Å². The third kappa shape index (κ3) is 6.15. The Labute approximate surface area is 151 Å². The van der Waals surface area contributed by atoms with E-state index in [-0.39, 0.29) is 0 Å². The maximum Gasteiger partial charge on any atom is 0.322 e. The van der Waals surface area contributed by atoms with Crippen molar-refractivity contribution in [2.75, 3.05) is 6.54 Å². The standard InChI is InChI=1S/C18H18N2O5S/c19-18(22)17(15-9-5-2-6-10-15)25-16(21)13-20-26(23,24)12-11-14-7-3-1-4-8-14/h1-12,17,20H,13H2,(H2,19,22)/b12-11+. The van der Waals surface area contributed by atoms with Gasteiger partial charge in [0.1, 0.15) is 6.54 Å². The predicted molar refractivity (Wildman–Crippen MR) is 96.9 cm³/mol. The molecule has 0 aromatic heterocycles. The molecule has 2 aromatic carbocycles. The molecule has 0 saturated carbocycles. The average Bonchev–Trinajstić information content (AvgIpc) is 2.64. The van der Waals surface area contributed by atoms with Crippen LogP contribution in [-0.2, 0) is 24.3 Å². The number of carbonyl (C=O) groups excluding carboxylic acids is 2. The van der Waals surface area contributed by atoms with Crippen LogP contribution in [0, 0.1) is 0 Å². The number of primary amides is 1. The molecule has 2 rings (SSSR count).